The summed E-state index contributed by atoms with van der Waals surface area (Å²) in [4.78, 5) is 33.6. The lowest BCUT2D eigenvalue weighted by Crippen LogP contribution is -2.32. The molecule has 1 atom stereocenters. The lowest BCUT2D eigenvalue weighted by Gasteiger charge is -2.12. The number of carbonyl (C=O) groups excluding carboxylic acids is 2. The number of hydrogen-bond acceptors (Lipinski definition) is 4. The lowest BCUT2D eigenvalue weighted by atomic mass is 10.0. The van der Waals surface area contributed by atoms with Crippen LogP contribution in [-0.2, 0) is 14.4 Å². The van der Waals surface area contributed by atoms with E-state index in [4.69, 9.17) is 5.11 Å². The van der Waals surface area contributed by atoms with E-state index in [1.165, 1.54) is 64.2 Å². The number of amides is 1. The van der Waals surface area contributed by atoms with E-state index in [1.54, 1.807) is 6.92 Å². The number of aliphatic carboxylic acids is 1. The number of carbonyl (C=O) groups is 3. The fourth-order valence-corrected chi connectivity index (χ4v) is 4.02. The quantitative estimate of drug-likeness (QED) is 0.114. The van der Waals surface area contributed by atoms with Crippen LogP contribution in [0.2, 0.25) is 0 Å². The molecule has 216 valence electrons. The summed E-state index contributed by atoms with van der Waals surface area (Å²) in [5.74, 6) is -0.345. The van der Waals surface area contributed by atoms with Crippen LogP contribution in [-0.4, -0.2) is 42.4 Å². The van der Waals surface area contributed by atoms with Gasteiger partial charge in [-0.05, 0) is 46.1 Å². The third kappa shape index (κ3) is 32.6. The first kappa shape index (κ1) is 39.1. The molecule has 6 nitrogen and oxygen atoms in total. The largest absolute Gasteiger partial charge is 0.481 e. The molecule has 0 saturated carbocycles. The zero-order chi connectivity index (χ0) is 27.9. The highest BCUT2D eigenvalue weighted by Crippen LogP contribution is 2.13. The minimum Gasteiger partial charge on any atom is -0.481 e. The van der Waals surface area contributed by atoms with Gasteiger partial charge in [0.1, 0.15) is 5.78 Å². The zero-order valence-corrected chi connectivity index (χ0v) is 24.9. The Hall–Kier alpha value is -1.43. The third-order valence-corrected chi connectivity index (χ3v) is 6.13. The van der Waals surface area contributed by atoms with E-state index in [1.807, 2.05) is 34.7 Å². The van der Waals surface area contributed by atoms with Crippen LogP contribution in [0.15, 0.2) is 0 Å². The molecule has 0 aromatic heterocycles. The molecule has 1 amide bonds. The summed E-state index contributed by atoms with van der Waals surface area (Å²) in [6.45, 7) is 10.3. The molecule has 36 heavy (non-hydrogen) atoms. The molecule has 3 N–H and O–H groups in total. The normalized spacial score (nSPS) is 10.9. The van der Waals surface area contributed by atoms with Gasteiger partial charge in [-0.3, -0.25) is 14.4 Å². The second-order valence-electron chi connectivity index (χ2n) is 9.14. The van der Waals surface area contributed by atoms with Crippen molar-refractivity contribution < 1.29 is 19.5 Å². The van der Waals surface area contributed by atoms with Crippen LogP contribution < -0.4 is 10.6 Å². The first-order valence-corrected chi connectivity index (χ1v) is 15.1. The molecule has 0 aliphatic heterocycles. The average molecular weight is 515 g/mol. The summed E-state index contributed by atoms with van der Waals surface area (Å²) in [5, 5.41) is 14.6. The second-order valence-corrected chi connectivity index (χ2v) is 9.14. The third-order valence-electron chi connectivity index (χ3n) is 6.13. The van der Waals surface area contributed by atoms with Gasteiger partial charge in [0, 0.05) is 19.4 Å². The Morgan fingerprint density at radius 3 is 1.36 bits per heavy atom. The van der Waals surface area contributed by atoms with Gasteiger partial charge in [0.2, 0.25) is 5.91 Å². The predicted octanol–water partition coefficient (Wildman–Crippen LogP) is 7.83. The van der Waals surface area contributed by atoms with Gasteiger partial charge >= 0.3 is 5.97 Å². The molecule has 0 radical (unpaired) electrons. The molecule has 0 aliphatic rings. The highest BCUT2D eigenvalue weighted by Gasteiger charge is 2.10. The Morgan fingerprint density at radius 1 is 0.611 bits per heavy atom. The number of carboxylic acids is 1. The van der Waals surface area contributed by atoms with Crippen molar-refractivity contribution in [2.45, 2.75) is 163 Å². The Morgan fingerprint density at radius 2 is 1.00 bits per heavy atom. The van der Waals surface area contributed by atoms with Gasteiger partial charge in [-0.1, -0.05) is 105 Å². The minimum absolute atomic E-state index is 0.0567. The molecule has 0 saturated heterocycles. The average Bonchev–Trinajstić information content (AvgIpc) is 2.87. The zero-order valence-electron chi connectivity index (χ0n) is 24.9. The van der Waals surface area contributed by atoms with E-state index in [9.17, 15) is 14.4 Å². The van der Waals surface area contributed by atoms with Crippen LogP contribution in [0, 0.1) is 0 Å². The highest BCUT2D eigenvalue weighted by atomic mass is 16.4. The molecule has 0 rings (SSSR count). The molecule has 0 bridgehead atoms. The monoisotopic (exact) mass is 514 g/mol. The van der Waals surface area contributed by atoms with E-state index < -0.39 is 5.97 Å². The number of ketones is 1. The van der Waals surface area contributed by atoms with Crippen molar-refractivity contribution in [1.29, 1.82) is 0 Å². The molecule has 0 aromatic rings. The number of unbranched alkanes of at least 4 members (excludes halogenated alkanes) is 14. The molecule has 0 aromatic carbocycles. The number of rotatable bonds is 24. The molecule has 0 fully saturated rings. The fourth-order valence-electron chi connectivity index (χ4n) is 4.02. The number of hydrogen-bond donors (Lipinski definition) is 3. The van der Waals surface area contributed by atoms with E-state index in [0.29, 0.717) is 19.4 Å². The first-order chi connectivity index (χ1) is 17.5. The number of nitrogens with one attached hydrogen (secondary N) is 2. The predicted molar refractivity (Wildman–Crippen MR) is 155 cm³/mol. The summed E-state index contributed by atoms with van der Waals surface area (Å²) in [5.41, 5.74) is 0. The maximum Gasteiger partial charge on any atom is 0.303 e. The molecule has 6 heteroatoms. The van der Waals surface area contributed by atoms with Gasteiger partial charge in [0.05, 0.1) is 6.04 Å². The van der Waals surface area contributed by atoms with E-state index in [0.717, 1.165) is 44.9 Å². The van der Waals surface area contributed by atoms with E-state index in [2.05, 4.69) is 10.6 Å². The number of carboxylic acid groups (broad SMARTS) is 1. The van der Waals surface area contributed by atoms with Crippen LogP contribution in [0.3, 0.4) is 0 Å². The summed E-state index contributed by atoms with van der Waals surface area (Å²) in [6.07, 6.45) is 20.4. The van der Waals surface area contributed by atoms with Crippen LogP contribution in [0.1, 0.15) is 157 Å². The van der Waals surface area contributed by atoms with Crippen LogP contribution in [0.4, 0.5) is 0 Å². The van der Waals surface area contributed by atoms with Crippen LogP contribution >= 0.6 is 0 Å². The van der Waals surface area contributed by atoms with Gasteiger partial charge in [0.25, 0.3) is 0 Å². The van der Waals surface area contributed by atoms with Crippen molar-refractivity contribution in [3.63, 3.8) is 0 Å². The van der Waals surface area contributed by atoms with Crippen LogP contribution in [0.5, 0.6) is 0 Å². The summed E-state index contributed by atoms with van der Waals surface area (Å²) >= 11 is 0. The maximum absolute atomic E-state index is 11.9. The smallest absolute Gasteiger partial charge is 0.303 e. The molecular formula is C30H62N2O4. The number of Topliss-reactive ketones (excluding diaryl/α,β-unsaturated/α-hetero) is 1. The summed E-state index contributed by atoms with van der Waals surface area (Å²) in [7, 11) is 1.81. The van der Waals surface area contributed by atoms with Gasteiger partial charge in [-0.2, -0.15) is 0 Å². The minimum atomic E-state index is -0.677. The summed E-state index contributed by atoms with van der Waals surface area (Å²) in [6, 6.07) is -0.0567. The van der Waals surface area contributed by atoms with Crippen molar-refractivity contribution in [2.24, 2.45) is 0 Å². The molecule has 0 spiro atoms. The van der Waals surface area contributed by atoms with Gasteiger partial charge in [-0.25, -0.2) is 0 Å². The molecule has 0 heterocycles. The van der Waals surface area contributed by atoms with E-state index >= 15 is 0 Å². The molecule has 1 unspecified atom stereocenters. The van der Waals surface area contributed by atoms with E-state index in [-0.39, 0.29) is 17.7 Å². The van der Waals surface area contributed by atoms with Gasteiger partial charge < -0.3 is 15.7 Å². The Bertz CT molecular complexity index is 484. The maximum atomic E-state index is 11.9. The van der Waals surface area contributed by atoms with Crippen molar-refractivity contribution in [3.05, 3.63) is 0 Å². The highest BCUT2D eigenvalue weighted by molar-refractivity contribution is 5.81. The lowest BCUT2D eigenvalue weighted by molar-refractivity contribution is -0.137. The van der Waals surface area contributed by atoms with Crippen molar-refractivity contribution in [3.8, 4) is 0 Å². The topological polar surface area (TPSA) is 95.5 Å². The van der Waals surface area contributed by atoms with Gasteiger partial charge in [0.15, 0.2) is 0 Å². The van der Waals surface area contributed by atoms with Gasteiger partial charge in [-0.15, -0.1) is 0 Å². The second kappa shape index (κ2) is 33.6. The molecular weight excluding hydrogens is 452 g/mol. The number of likely N-dealkylation sites (N-methyl/N-ethyl adjacent to an activating group) is 1. The van der Waals surface area contributed by atoms with Crippen molar-refractivity contribution in [1.82, 2.24) is 10.6 Å². The van der Waals surface area contributed by atoms with Crippen LogP contribution in [0.25, 0.3) is 0 Å². The standard InChI is InChI=1S/C26H50N2O4.2C2H6/c1-23(29)24(27-2)19-17-18-22-28-25(30)20-15-13-11-9-7-5-3-4-6-8-10-12-14-16-21-26(31)32;2*1-2/h24,27H,3-22H2,1-2H3,(H,28,30)(H,31,32);2*1-2H3. The first-order valence-electron chi connectivity index (χ1n) is 15.1. The Kier molecular flexibility index (Phi) is 36.5. The Labute approximate surface area is 224 Å². The molecule has 0 aliphatic carbocycles. The van der Waals surface area contributed by atoms with Crippen molar-refractivity contribution in [2.75, 3.05) is 13.6 Å². The summed E-state index contributed by atoms with van der Waals surface area (Å²) < 4.78 is 0. The SMILES string of the molecule is CC.CC.CNC(CCCCNC(=O)CCCCCCCCCCCCCCCCC(=O)O)C(C)=O. The fraction of sp³-hybridized carbons (Fsp3) is 0.900. The Balaban J connectivity index is -0.00000258. The van der Waals surface area contributed by atoms with Crippen molar-refractivity contribution >= 4 is 17.7 Å².